The second-order valence-electron chi connectivity index (χ2n) is 4.73. The summed E-state index contributed by atoms with van der Waals surface area (Å²) in [7, 11) is 3.19. The molecule has 2 aromatic heterocycles. The number of aromatic nitrogens is 2. The molecule has 0 saturated carbocycles. The average Bonchev–Trinajstić information content (AvgIpc) is 2.92. The van der Waals surface area contributed by atoms with E-state index >= 15 is 0 Å². The lowest BCUT2D eigenvalue weighted by atomic mass is 10.2. The van der Waals surface area contributed by atoms with Crippen LogP contribution in [0.25, 0.3) is 10.2 Å². The van der Waals surface area contributed by atoms with Crippen molar-refractivity contribution in [2.45, 2.75) is 19.0 Å². The van der Waals surface area contributed by atoms with Gasteiger partial charge in [0, 0.05) is 20.8 Å². The van der Waals surface area contributed by atoms with E-state index < -0.39 is 6.04 Å². The number of thiophene rings is 1. The molecule has 0 bridgehead atoms. The number of nitrogens with two attached hydrogens (primary N) is 1. The average molecular weight is 310 g/mol. The van der Waals surface area contributed by atoms with Crippen LogP contribution in [0.3, 0.4) is 0 Å². The third-order valence-electron chi connectivity index (χ3n) is 3.08. The summed E-state index contributed by atoms with van der Waals surface area (Å²) in [6.07, 6.45) is 0.452. The number of nitrogens with zero attached hydrogens (tertiary/aromatic N) is 2. The maximum atomic E-state index is 12.1. The molecule has 0 aromatic carbocycles. The molecule has 0 fully saturated rings. The van der Waals surface area contributed by atoms with Crippen molar-refractivity contribution in [3.63, 3.8) is 0 Å². The fraction of sp³-hybridized carbons (Fsp3) is 0.462. The first kappa shape index (κ1) is 15.6. The van der Waals surface area contributed by atoms with Crippen molar-refractivity contribution < 1.29 is 9.53 Å². The molecule has 114 valence electrons. The van der Waals surface area contributed by atoms with Crippen LogP contribution in [-0.4, -0.2) is 47.6 Å². The van der Waals surface area contributed by atoms with Gasteiger partial charge < -0.3 is 20.4 Å². The first-order valence-corrected chi connectivity index (χ1v) is 7.36. The molecule has 2 heterocycles. The maximum Gasteiger partial charge on any atom is 0.268 e. The van der Waals surface area contributed by atoms with Crippen LogP contribution in [0.2, 0.25) is 0 Å². The van der Waals surface area contributed by atoms with Gasteiger partial charge in [-0.2, -0.15) is 0 Å². The molecule has 21 heavy (non-hydrogen) atoms. The molecule has 0 radical (unpaired) electrons. The molecule has 2 aromatic rings. The van der Waals surface area contributed by atoms with Crippen LogP contribution in [-0.2, 0) is 16.1 Å². The van der Waals surface area contributed by atoms with Gasteiger partial charge in [0.2, 0.25) is 5.91 Å². The van der Waals surface area contributed by atoms with Gasteiger partial charge in [0.05, 0.1) is 18.1 Å². The Hall–Kier alpha value is -1.77. The first-order chi connectivity index (χ1) is 10.0. The van der Waals surface area contributed by atoms with Crippen LogP contribution in [0.15, 0.2) is 16.2 Å². The van der Waals surface area contributed by atoms with Gasteiger partial charge in [0.1, 0.15) is 10.5 Å². The number of nitrogens with one attached hydrogen (secondary N) is 1. The summed E-state index contributed by atoms with van der Waals surface area (Å²) in [5, 5.41) is 1.81. The van der Waals surface area contributed by atoms with Crippen LogP contribution in [0.4, 0.5) is 0 Å². The van der Waals surface area contributed by atoms with Crippen LogP contribution >= 0.6 is 11.3 Å². The lowest BCUT2D eigenvalue weighted by molar-refractivity contribution is -0.132. The number of rotatable bonds is 6. The Morgan fingerprint density at radius 2 is 2.38 bits per heavy atom. The predicted octanol–water partition coefficient (Wildman–Crippen LogP) is 0.307. The van der Waals surface area contributed by atoms with Gasteiger partial charge in [-0.05, 0) is 17.9 Å². The Bertz CT molecular complexity index is 681. The predicted molar refractivity (Wildman–Crippen MR) is 81.2 cm³/mol. The van der Waals surface area contributed by atoms with Gasteiger partial charge in [-0.1, -0.05) is 0 Å². The molecule has 1 amide bonds. The van der Waals surface area contributed by atoms with Crippen LogP contribution in [0, 0.1) is 0 Å². The molecule has 0 aliphatic rings. The standard InChI is InChI=1S/C13H18N4O3S/c1-17(13(19)8(14)3-5-20-2)7-10-15-9-4-6-21-11(9)12(18)16-10/h4,6,8H,3,5,7,14H2,1-2H3,(H,15,16,18). The zero-order chi connectivity index (χ0) is 15.4. The number of amides is 1. The number of H-pyrrole nitrogens is 1. The molecule has 8 heteroatoms. The van der Waals surface area contributed by atoms with Crippen molar-refractivity contribution in [3.8, 4) is 0 Å². The van der Waals surface area contributed by atoms with E-state index in [9.17, 15) is 9.59 Å². The number of carbonyl (C=O) groups is 1. The third kappa shape index (κ3) is 3.66. The van der Waals surface area contributed by atoms with Crippen LogP contribution < -0.4 is 11.3 Å². The highest BCUT2D eigenvalue weighted by Gasteiger charge is 2.19. The van der Waals surface area contributed by atoms with E-state index in [1.165, 1.54) is 16.2 Å². The molecule has 7 nitrogen and oxygen atoms in total. The maximum absolute atomic E-state index is 12.1. The molecule has 2 rings (SSSR count). The minimum Gasteiger partial charge on any atom is -0.385 e. The van der Waals surface area contributed by atoms with Crippen LogP contribution in [0.5, 0.6) is 0 Å². The highest BCUT2D eigenvalue weighted by atomic mass is 32.1. The van der Waals surface area contributed by atoms with Gasteiger partial charge in [-0.15, -0.1) is 11.3 Å². The van der Waals surface area contributed by atoms with Crippen LogP contribution in [0.1, 0.15) is 12.2 Å². The minimum atomic E-state index is -0.619. The second-order valence-corrected chi connectivity index (χ2v) is 5.65. The molecule has 1 atom stereocenters. The van der Waals surface area contributed by atoms with Gasteiger partial charge in [0.15, 0.2) is 0 Å². The van der Waals surface area contributed by atoms with Crippen molar-refractivity contribution >= 4 is 27.5 Å². The van der Waals surface area contributed by atoms with Gasteiger partial charge in [0.25, 0.3) is 5.56 Å². The Labute approximate surface area is 125 Å². The summed E-state index contributed by atoms with van der Waals surface area (Å²) < 4.78 is 5.49. The largest absolute Gasteiger partial charge is 0.385 e. The molecule has 3 N–H and O–H groups in total. The molecule has 1 unspecified atom stereocenters. The van der Waals surface area contributed by atoms with Gasteiger partial charge >= 0.3 is 0 Å². The molecule has 0 aliphatic heterocycles. The normalized spacial score (nSPS) is 12.5. The molecule has 0 saturated heterocycles. The molecular weight excluding hydrogens is 292 g/mol. The number of hydrogen-bond donors (Lipinski definition) is 2. The second kappa shape index (κ2) is 6.79. The minimum absolute atomic E-state index is 0.186. The highest BCUT2D eigenvalue weighted by Crippen LogP contribution is 2.14. The lowest BCUT2D eigenvalue weighted by Gasteiger charge is -2.20. The number of likely N-dealkylation sites (N-methyl/N-ethyl adjacent to an activating group) is 1. The van der Waals surface area contributed by atoms with E-state index in [4.69, 9.17) is 10.5 Å². The highest BCUT2D eigenvalue weighted by molar-refractivity contribution is 7.17. The fourth-order valence-electron chi connectivity index (χ4n) is 1.95. The van der Waals surface area contributed by atoms with Crippen molar-refractivity contribution in [3.05, 3.63) is 27.6 Å². The topological polar surface area (TPSA) is 101 Å². The zero-order valence-corrected chi connectivity index (χ0v) is 12.8. The van der Waals surface area contributed by atoms with E-state index in [-0.39, 0.29) is 18.0 Å². The van der Waals surface area contributed by atoms with Crippen molar-refractivity contribution in [2.24, 2.45) is 5.73 Å². The fourth-order valence-corrected chi connectivity index (χ4v) is 2.68. The van der Waals surface area contributed by atoms with E-state index in [2.05, 4.69) is 9.97 Å². The smallest absolute Gasteiger partial charge is 0.268 e. The quantitative estimate of drug-likeness (QED) is 0.799. The Morgan fingerprint density at radius 1 is 1.62 bits per heavy atom. The zero-order valence-electron chi connectivity index (χ0n) is 12.0. The monoisotopic (exact) mass is 310 g/mol. The number of methoxy groups -OCH3 is 1. The van der Waals surface area contributed by atoms with Crippen molar-refractivity contribution in [1.29, 1.82) is 0 Å². The molecule has 0 aliphatic carbocycles. The number of carbonyl (C=O) groups excluding carboxylic acids is 1. The summed E-state index contributed by atoms with van der Waals surface area (Å²) in [6.45, 7) is 0.636. The summed E-state index contributed by atoms with van der Waals surface area (Å²) in [4.78, 5) is 32.4. The van der Waals surface area contributed by atoms with E-state index in [1.54, 1.807) is 20.2 Å². The van der Waals surface area contributed by atoms with E-state index in [1.807, 2.05) is 5.38 Å². The SMILES string of the molecule is COCCC(N)C(=O)N(C)Cc1nc2ccsc2c(=O)[nH]1. The number of aromatic amines is 1. The summed E-state index contributed by atoms with van der Waals surface area (Å²) in [5.41, 5.74) is 6.26. The van der Waals surface area contributed by atoms with Crippen molar-refractivity contribution in [2.75, 3.05) is 20.8 Å². The lowest BCUT2D eigenvalue weighted by Crippen LogP contribution is -2.42. The summed E-state index contributed by atoms with van der Waals surface area (Å²) >= 11 is 1.34. The summed E-state index contributed by atoms with van der Waals surface area (Å²) in [5.74, 6) is 0.237. The van der Waals surface area contributed by atoms with Gasteiger partial charge in [-0.3, -0.25) is 9.59 Å². The number of ether oxygens (including phenoxy) is 1. The Balaban J connectivity index is 2.08. The van der Waals surface area contributed by atoms with E-state index in [0.717, 1.165) is 0 Å². The molecule has 0 spiro atoms. The summed E-state index contributed by atoms with van der Waals surface area (Å²) in [6, 6.07) is 1.16. The number of fused-ring (bicyclic) bond motifs is 1. The van der Waals surface area contributed by atoms with E-state index in [0.29, 0.717) is 29.1 Å². The Morgan fingerprint density at radius 3 is 3.10 bits per heavy atom. The Kier molecular flexibility index (Phi) is 5.05. The van der Waals surface area contributed by atoms with Crippen molar-refractivity contribution in [1.82, 2.24) is 14.9 Å². The molecular formula is C13H18N4O3S. The first-order valence-electron chi connectivity index (χ1n) is 6.49. The third-order valence-corrected chi connectivity index (χ3v) is 3.98. The van der Waals surface area contributed by atoms with Gasteiger partial charge in [-0.25, -0.2) is 4.98 Å². The number of hydrogen-bond acceptors (Lipinski definition) is 6.